The van der Waals surface area contributed by atoms with Crippen molar-refractivity contribution in [3.63, 3.8) is 0 Å². The summed E-state index contributed by atoms with van der Waals surface area (Å²) in [4.78, 5) is 37.9. The summed E-state index contributed by atoms with van der Waals surface area (Å²) in [5.74, 6) is 0.823. The van der Waals surface area contributed by atoms with Crippen LogP contribution < -0.4 is 18.9 Å². The first kappa shape index (κ1) is 35.9. The van der Waals surface area contributed by atoms with Gasteiger partial charge in [0.25, 0.3) is 0 Å². The van der Waals surface area contributed by atoms with Gasteiger partial charge in [-0.25, -0.2) is 9.59 Å². The van der Waals surface area contributed by atoms with E-state index >= 15 is 0 Å². The van der Waals surface area contributed by atoms with Crippen molar-refractivity contribution in [3.05, 3.63) is 75.9 Å². The van der Waals surface area contributed by atoms with Crippen LogP contribution in [0.5, 0.6) is 0 Å². The van der Waals surface area contributed by atoms with Gasteiger partial charge in [-0.2, -0.15) is 0 Å². The maximum Gasteiger partial charge on any atom is 1.00 e. The van der Waals surface area contributed by atoms with E-state index in [0.717, 1.165) is 22.6 Å². The Labute approximate surface area is 241 Å². The van der Waals surface area contributed by atoms with Gasteiger partial charge in [0.1, 0.15) is 11.5 Å². The van der Waals surface area contributed by atoms with Gasteiger partial charge in [0.15, 0.2) is 5.76 Å². The number of carboxylic acids is 2. The first-order valence-corrected chi connectivity index (χ1v) is 12.4. The molecule has 0 spiro atoms. The normalized spacial score (nSPS) is 10.7. The molecule has 0 atom stereocenters. The van der Waals surface area contributed by atoms with E-state index in [1.807, 2.05) is 47.6 Å². The number of aromatic carboxylic acids is 2. The minimum absolute atomic E-state index is 0. The summed E-state index contributed by atoms with van der Waals surface area (Å²) in [5.41, 5.74) is 2.67. The Morgan fingerprint density at radius 1 is 0.744 bits per heavy atom. The molecule has 0 bridgehead atoms. The second kappa shape index (κ2) is 15.5. The number of hydrogen-bond acceptors (Lipinski definition) is 7. The molecule has 0 fully saturated rings. The molecule has 3 N–H and O–H groups in total. The molecule has 3 aromatic heterocycles. The summed E-state index contributed by atoms with van der Waals surface area (Å²) in [6, 6.07) is 6.44. The second-order valence-corrected chi connectivity index (χ2v) is 10.2. The van der Waals surface area contributed by atoms with Gasteiger partial charge < -0.3 is 24.5 Å². The monoisotopic (exact) mass is 535 g/mol. The van der Waals surface area contributed by atoms with Crippen molar-refractivity contribution < 1.29 is 57.8 Å². The first-order valence-electron chi connectivity index (χ1n) is 12.4. The van der Waals surface area contributed by atoms with Gasteiger partial charge in [0, 0.05) is 23.7 Å². The number of furan rings is 2. The first-order chi connectivity index (χ1) is 17.2. The largest absolute Gasteiger partial charge is 1.00 e. The van der Waals surface area contributed by atoms with Gasteiger partial charge in [-0.3, -0.25) is 9.78 Å². The summed E-state index contributed by atoms with van der Waals surface area (Å²) >= 11 is 0. The van der Waals surface area contributed by atoms with E-state index in [1.54, 1.807) is 12.1 Å². The number of ketones is 1. The standard InChI is InChI=1S/C18H21NO4.C11H16O3.Li.H2O/c1-10(2)14-8-16(23-17(14)11(3)4)15(20)7-13-6-5-12(9-19-13)18(21)22;1-6(2)8-5-9(11(12)13)14-10(8)7(3)4;;/h5-6,8-11H,7H2,1-4H3,(H,21,22);5-7H,1-4H3,(H,12,13);;1H2/q;;+1;/p-1. The Morgan fingerprint density at radius 3 is 1.54 bits per heavy atom. The third kappa shape index (κ3) is 9.54. The number of nitrogens with zero attached hydrogens (tertiary/aromatic N) is 1. The third-order valence-electron chi connectivity index (χ3n) is 5.77. The molecule has 0 aliphatic heterocycles. The fraction of sp³-hybridized carbons (Fsp3) is 0.448. The molecule has 0 aliphatic rings. The fourth-order valence-electron chi connectivity index (χ4n) is 3.79. The topological polar surface area (TPSA) is 161 Å². The number of carbonyl (C=O) groups excluding carboxylic acids is 1. The Kier molecular flexibility index (Phi) is 14.2. The molecule has 0 unspecified atom stereocenters. The van der Waals surface area contributed by atoms with Crippen molar-refractivity contribution >= 4 is 17.7 Å². The molecule has 3 rings (SSSR count). The number of aromatic nitrogens is 1. The molecule has 0 saturated carbocycles. The molecule has 39 heavy (non-hydrogen) atoms. The minimum atomic E-state index is -1.04. The molecule has 10 heteroatoms. The number of Topliss-reactive ketones (excluding diaryl/α,β-unsaturated/α-hetero) is 1. The SMILES string of the molecule is CC(C)c1cc(C(=O)Cc2ccc(C(=O)O)cn2)oc1C(C)C.CC(C)c1cc(C(=O)O)oc1C(C)C.[Li+].[OH-]. The van der Waals surface area contributed by atoms with Crippen LogP contribution in [0.3, 0.4) is 0 Å². The van der Waals surface area contributed by atoms with E-state index in [9.17, 15) is 14.4 Å². The summed E-state index contributed by atoms with van der Waals surface area (Å²) in [7, 11) is 0. The van der Waals surface area contributed by atoms with E-state index in [-0.39, 0.29) is 65.6 Å². The maximum atomic E-state index is 12.4. The molecule has 0 saturated heterocycles. The maximum absolute atomic E-state index is 12.4. The van der Waals surface area contributed by atoms with Crippen LogP contribution in [0.2, 0.25) is 0 Å². The Bertz CT molecular complexity index is 1190. The number of carboxylic acid groups (broad SMARTS) is 2. The van der Waals surface area contributed by atoms with Crippen molar-refractivity contribution in [1.82, 2.24) is 4.98 Å². The van der Waals surface area contributed by atoms with Crippen LogP contribution in [0.1, 0.15) is 139 Å². The van der Waals surface area contributed by atoms with Gasteiger partial charge in [-0.05, 0) is 47.2 Å². The number of hydrogen-bond donors (Lipinski definition) is 2. The molecule has 3 aromatic rings. The van der Waals surface area contributed by atoms with Crippen molar-refractivity contribution in [2.45, 2.75) is 85.5 Å². The van der Waals surface area contributed by atoms with Crippen LogP contribution in [-0.2, 0) is 6.42 Å². The van der Waals surface area contributed by atoms with Gasteiger partial charge in [0.2, 0.25) is 11.5 Å². The zero-order valence-corrected chi connectivity index (χ0v) is 24.2. The summed E-state index contributed by atoms with van der Waals surface area (Å²) in [5, 5.41) is 17.6. The zero-order valence-electron chi connectivity index (χ0n) is 24.2. The summed E-state index contributed by atoms with van der Waals surface area (Å²) in [6.45, 7) is 16.3. The van der Waals surface area contributed by atoms with Crippen molar-refractivity contribution in [2.75, 3.05) is 0 Å². The molecule has 3 heterocycles. The van der Waals surface area contributed by atoms with Crippen LogP contribution in [-0.4, -0.2) is 38.4 Å². The quantitative estimate of drug-likeness (QED) is 0.304. The van der Waals surface area contributed by atoms with Crippen molar-refractivity contribution in [2.24, 2.45) is 0 Å². The Morgan fingerprint density at radius 2 is 1.21 bits per heavy atom. The van der Waals surface area contributed by atoms with E-state index in [1.165, 1.54) is 12.3 Å². The van der Waals surface area contributed by atoms with Gasteiger partial charge in [-0.1, -0.05) is 55.4 Å². The summed E-state index contributed by atoms with van der Waals surface area (Å²) < 4.78 is 11.1. The Balaban J connectivity index is 0.000000783. The smallest absolute Gasteiger partial charge is 0.870 e. The van der Waals surface area contributed by atoms with Crippen LogP contribution >= 0.6 is 0 Å². The van der Waals surface area contributed by atoms with Gasteiger partial charge in [-0.15, -0.1) is 0 Å². The Hall–Kier alpha value is -3.12. The third-order valence-corrected chi connectivity index (χ3v) is 5.77. The van der Waals surface area contributed by atoms with E-state index in [4.69, 9.17) is 19.0 Å². The minimum Gasteiger partial charge on any atom is -0.870 e. The number of rotatable bonds is 9. The predicted octanol–water partition coefficient (Wildman–Crippen LogP) is 4.10. The van der Waals surface area contributed by atoms with Crippen LogP contribution in [0.25, 0.3) is 0 Å². The second-order valence-electron chi connectivity index (χ2n) is 10.2. The van der Waals surface area contributed by atoms with E-state index in [0.29, 0.717) is 17.4 Å². The number of carbonyl (C=O) groups is 3. The van der Waals surface area contributed by atoms with Crippen molar-refractivity contribution in [1.29, 1.82) is 0 Å². The van der Waals surface area contributed by atoms with E-state index < -0.39 is 11.9 Å². The average molecular weight is 536 g/mol. The molecular weight excluding hydrogens is 497 g/mol. The molecule has 0 aromatic carbocycles. The van der Waals surface area contributed by atoms with Crippen LogP contribution in [0, 0.1) is 0 Å². The molecule has 0 radical (unpaired) electrons. The molecule has 208 valence electrons. The van der Waals surface area contributed by atoms with Gasteiger partial charge >= 0.3 is 30.8 Å². The molecule has 9 nitrogen and oxygen atoms in total. The predicted molar refractivity (Wildman–Crippen MR) is 142 cm³/mol. The zero-order chi connectivity index (χ0) is 28.0. The number of pyridine rings is 1. The summed E-state index contributed by atoms with van der Waals surface area (Å²) in [6.07, 6.45) is 1.34. The van der Waals surface area contributed by atoms with Crippen molar-refractivity contribution in [3.8, 4) is 0 Å². The van der Waals surface area contributed by atoms with Crippen LogP contribution in [0.4, 0.5) is 0 Å². The van der Waals surface area contributed by atoms with Gasteiger partial charge in [0.05, 0.1) is 12.0 Å². The fourth-order valence-corrected chi connectivity index (χ4v) is 3.79. The van der Waals surface area contributed by atoms with E-state index in [2.05, 4.69) is 18.8 Å². The van der Waals surface area contributed by atoms with Crippen LogP contribution in [0.15, 0.2) is 39.3 Å². The molecular formula is C29H38LiNO8. The molecule has 0 aliphatic carbocycles. The average Bonchev–Trinajstić information content (AvgIpc) is 3.46. The molecule has 0 amide bonds.